The van der Waals surface area contributed by atoms with E-state index in [2.05, 4.69) is 10.3 Å². The van der Waals surface area contributed by atoms with Gasteiger partial charge in [0, 0.05) is 6.07 Å². The molecule has 0 unspecified atom stereocenters. The van der Waals surface area contributed by atoms with Crippen molar-refractivity contribution in [2.75, 3.05) is 18.6 Å². The molecule has 0 aliphatic carbocycles. The second kappa shape index (κ2) is 5.60. The zero-order valence-corrected chi connectivity index (χ0v) is 12.9. The van der Waals surface area contributed by atoms with E-state index in [1.54, 1.807) is 25.3 Å². The van der Waals surface area contributed by atoms with Crippen LogP contribution >= 0.6 is 0 Å². The van der Waals surface area contributed by atoms with Crippen LogP contribution in [-0.2, 0) is 21.2 Å². The Morgan fingerprint density at radius 2 is 2.32 bits per heavy atom. The quantitative estimate of drug-likeness (QED) is 0.896. The molecule has 1 N–H and O–H groups in total. The molecule has 2 aromatic rings. The van der Waals surface area contributed by atoms with Gasteiger partial charge < -0.3 is 14.5 Å². The molecule has 1 saturated heterocycles. The maximum Gasteiger partial charge on any atom is 0.224 e. The summed E-state index contributed by atoms with van der Waals surface area (Å²) in [6.07, 6.45) is 0.374. The smallest absolute Gasteiger partial charge is 0.224 e. The van der Waals surface area contributed by atoms with Crippen molar-refractivity contribution < 1.29 is 22.4 Å². The van der Waals surface area contributed by atoms with E-state index < -0.39 is 15.8 Å². The lowest BCUT2D eigenvalue weighted by Gasteiger charge is -2.07. The second-order valence-corrected chi connectivity index (χ2v) is 7.49. The molecule has 1 aromatic carbocycles. The summed E-state index contributed by atoms with van der Waals surface area (Å²) in [7, 11) is -1.50. The third-order valence-corrected chi connectivity index (χ3v) is 5.42. The van der Waals surface area contributed by atoms with E-state index in [1.807, 2.05) is 0 Å². The van der Waals surface area contributed by atoms with E-state index in [9.17, 15) is 13.2 Å². The predicted molar refractivity (Wildman–Crippen MR) is 79.2 cm³/mol. The number of carbonyl (C=O) groups is 1. The highest BCUT2D eigenvalue weighted by Crippen LogP contribution is 2.22. The Hall–Kier alpha value is -2.09. The number of methoxy groups -OCH3 is 1. The molecule has 8 heteroatoms. The fraction of sp³-hybridized carbons (Fsp3) is 0.429. The van der Waals surface area contributed by atoms with E-state index >= 15 is 0 Å². The first-order chi connectivity index (χ1) is 10.5. The van der Waals surface area contributed by atoms with Gasteiger partial charge in [0.05, 0.1) is 31.1 Å². The molecule has 0 bridgehead atoms. The third kappa shape index (κ3) is 3.06. The van der Waals surface area contributed by atoms with Gasteiger partial charge in [-0.3, -0.25) is 4.79 Å². The van der Waals surface area contributed by atoms with Gasteiger partial charge in [0.25, 0.3) is 0 Å². The molecule has 7 nitrogen and oxygen atoms in total. The molecular formula is C14H16N2O5S. The lowest BCUT2D eigenvalue weighted by Crippen LogP contribution is -2.31. The first-order valence-corrected chi connectivity index (χ1v) is 8.70. The maximum absolute atomic E-state index is 12.0. The fourth-order valence-corrected chi connectivity index (χ4v) is 4.21. The normalized spacial score (nSPS) is 20.1. The first-order valence-electron chi connectivity index (χ1n) is 6.88. The van der Waals surface area contributed by atoms with Crippen LogP contribution in [0.1, 0.15) is 12.3 Å². The van der Waals surface area contributed by atoms with Crippen LogP contribution in [0.5, 0.6) is 5.75 Å². The number of benzene rings is 1. The first kappa shape index (κ1) is 14.8. The largest absolute Gasteiger partial charge is 0.497 e. The highest BCUT2D eigenvalue weighted by molar-refractivity contribution is 7.91. The Labute approximate surface area is 127 Å². The standard InChI is InChI=1S/C14H16N2O5S/c1-20-10-2-3-12-11(6-10)16-13(21-12)7-15-14(17)9-4-5-22(18,19)8-9/h2-3,6,9H,4-5,7-8H2,1H3,(H,15,17)/t9-/m1/s1. The molecular weight excluding hydrogens is 308 g/mol. The van der Waals surface area contributed by atoms with Crippen LogP contribution < -0.4 is 10.1 Å². The number of hydrogen-bond donors (Lipinski definition) is 1. The fourth-order valence-electron chi connectivity index (χ4n) is 2.47. The average molecular weight is 324 g/mol. The van der Waals surface area contributed by atoms with Crippen LogP contribution in [0.4, 0.5) is 0 Å². The lowest BCUT2D eigenvalue weighted by atomic mass is 10.1. The molecule has 118 valence electrons. The lowest BCUT2D eigenvalue weighted by molar-refractivity contribution is -0.124. The maximum atomic E-state index is 12.0. The summed E-state index contributed by atoms with van der Waals surface area (Å²) in [6.45, 7) is 0.131. The molecule has 0 radical (unpaired) electrons. The van der Waals surface area contributed by atoms with Crippen molar-refractivity contribution >= 4 is 26.8 Å². The summed E-state index contributed by atoms with van der Waals surface area (Å²) in [5, 5.41) is 2.68. The van der Waals surface area contributed by atoms with Gasteiger partial charge in [-0.25, -0.2) is 13.4 Å². The number of amides is 1. The molecule has 1 aliphatic rings. The zero-order chi connectivity index (χ0) is 15.7. The van der Waals surface area contributed by atoms with Crippen molar-refractivity contribution in [3.63, 3.8) is 0 Å². The van der Waals surface area contributed by atoms with E-state index in [1.165, 1.54) is 0 Å². The Morgan fingerprint density at radius 3 is 3.00 bits per heavy atom. The van der Waals surface area contributed by atoms with E-state index in [0.29, 0.717) is 29.2 Å². The average Bonchev–Trinajstić information content (AvgIpc) is 3.06. The third-order valence-electron chi connectivity index (χ3n) is 3.66. The van der Waals surface area contributed by atoms with Gasteiger partial charge in [0.1, 0.15) is 11.3 Å². The molecule has 0 spiro atoms. The monoisotopic (exact) mass is 324 g/mol. The summed E-state index contributed by atoms with van der Waals surface area (Å²) in [6, 6.07) is 5.25. The minimum Gasteiger partial charge on any atom is -0.497 e. The number of carbonyl (C=O) groups excluding carboxylic acids is 1. The molecule has 1 amide bonds. The topological polar surface area (TPSA) is 98.5 Å². The summed E-state index contributed by atoms with van der Waals surface area (Å²) < 4.78 is 33.4. The van der Waals surface area contributed by atoms with Gasteiger partial charge in [0.2, 0.25) is 11.8 Å². The van der Waals surface area contributed by atoms with Crippen LogP contribution in [-0.4, -0.2) is 37.9 Å². The Kier molecular flexibility index (Phi) is 3.78. The molecule has 0 saturated carbocycles. The van der Waals surface area contributed by atoms with Crippen molar-refractivity contribution in [2.45, 2.75) is 13.0 Å². The van der Waals surface area contributed by atoms with Gasteiger partial charge in [0.15, 0.2) is 15.4 Å². The molecule has 1 fully saturated rings. The summed E-state index contributed by atoms with van der Waals surface area (Å²) in [5.74, 6) is 0.289. The van der Waals surface area contributed by atoms with Gasteiger partial charge in [-0.15, -0.1) is 0 Å². The summed E-state index contributed by atoms with van der Waals surface area (Å²) in [5.41, 5.74) is 1.25. The molecule has 3 rings (SSSR count). The molecule has 1 aliphatic heterocycles. The Balaban J connectivity index is 1.65. The Bertz CT molecular complexity index is 812. The highest BCUT2D eigenvalue weighted by atomic mass is 32.2. The highest BCUT2D eigenvalue weighted by Gasteiger charge is 2.32. The molecule has 2 heterocycles. The van der Waals surface area contributed by atoms with Crippen LogP contribution in [0.25, 0.3) is 11.1 Å². The number of sulfone groups is 1. The van der Waals surface area contributed by atoms with Gasteiger partial charge in [-0.05, 0) is 18.6 Å². The summed E-state index contributed by atoms with van der Waals surface area (Å²) >= 11 is 0. The number of aromatic nitrogens is 1. The molecule has 1 aromatic heterocycles. The van der Waals surface area contributed by atoms with Crippen molar-refractivity contribution in [1.82, 2.24) is 10.3 Å². The van der Waals surface area contributed by atoms with Crippen LogP contribution in [0, 0.1) is 5.92 Å². The van der Waals surface area contributed by atoms with Gasteiger partial charge in [-0.1, -0.05) is 0 Å². The van der Waals surface area contributed by atoms with Crippen molar-refractivity contribution in [3.8, 4) is 5.75 Å². The second-order valence-electron chi connectivity index (χ2n) is 5.26. The molecule has 1 atom stereocenters. The van der Waals surface area contributed by atoms with E-state index in [4.69, 9.17) is 9.15 Å². The van der Waals surface area contributed by atoms with E-state index in [0.717, 1.165) is 0 Å². The number of rotatable bonds is 4. The Morgan fingerprint density at radius 1 is 1.50 bits per heavy atom. The van der Waals surface area contributed by atoms with Crippen LogP contribution in [0.3, 0.4) is 0 Å². The number of nitrogens with one attached hydrogen (secondary N) is 1. The van der Waals surface area contributed by atoms with Crippen LogP contribution in [0.2, 0.25) is 0 Å². The number of hydrogen-bond acceptors (Lipinski definition) is 6. The predicted octanol–water partition coefficient (Wildman–Crippen LogP) is 0.887. The minimum atomic E-state index is -3.07. The van der Waals surface area contributed by atoms with Crippen molar-refractivity contribution in [2.24, 2.45) is 5.92 Å². The van der Waals surface area contributed by atoms with Gasteiger partial charge in [-0.2, -0.15) is 0 Å². The number of oxazole rings is 1. The van der Waals surface area contributed by atoms with Crippen LogP contribution in [0.15, 0.2) is 22.6 Å². The number of fused-ring (bicyclic) bond motifs is 1. The number of nitrogens with zero attached hydrogens (tertiary/aromatic N) is 1. The zero-order valence-electron chi connectivity index (χ0n) is 12.0. The van der Waals surface area contributed by atoms with Crippen molar-refractivity contribution in [1.29, 1.82) is 0 Å². The summed E-state index contributed by atoms with van der Waals surface area (Å²) in [4.78, 5) is 16.2. The van der Waals surface area contributed by atoms with Crippen molar-refractivity contribution in [3.05, 3.63) is 24.1 Å². The number of ether oxygens (including phenoxy) is 1. The van der Waals surface area contributed by atoms with E-state index in [-0.39, 0.29) is 24.0 Å². The minimum absolute atomic E-state index is 0.0772. The molecule has 22 heavy (non-hydrogen) atoms. The van der Waals surface area contributed by atoms with Gasteiger partial charge >= 0.3 is 0 Å². The SMILES string of the molecule is COc1ccc2oc(CNC(=O)[C@@H]3CCS(=O)(=O)C3)nc2c1.